The first-order valence-electron chi connectivity index (χ1n) is 16.5. The summed E-state index contributed by atoms with van der Waals surface area (Å²) in [5, 5.41) is 8.62. The number of rotatable bonds is 4. The molecule has 6 rings (SSSR count). The number of nitrogens with one attached hydrogen (secondary N) is 2. The molecule has 9 atom stereocenters. The summed E-state index contributed by atoms with van der Waals surface area (Å²) in [6, 6.07) is 3.48. The Labute approximate surface area is 248 Å². The Hall–Kier alpha value is -2.01. The molecule has 1 aromatic heterocycles. The number of pyridine rings is 1. The average Bonchev–Trinajstić information content (AvgIpc) is 3.26. The monoisotopic (exact) mass is 558 g/mol. The minimum atomic E-state index is -0.162. The Bertz CT molecular complexity index is 1210. The zero-order valence-electron chi connectivity index (χ0n) is 26.6. The number of hydrogen-bond donors (Lipinski definition) is 2. The van der Waals surface area contributed by atoms with Gasteiger partial charge >= 0.3 is 0 Å². The van der Waals surface area contributed by atoms with E-state index in [1.807, 2.05) is 0 Å². The highest BCUT2D eigenvalue weighted by atomic mass is 16.2. The van der Waals surface area contributed by atoms with Gasteiger partial charge in [0.05, 0.1) is 0 Å². The third kappa shape index (κ3) is 4.30. The lowest BCUT2D eigenvalue weighted by atomic mass is 9.33. The normalized spacial score (nSPS) is 45.1. The van der Waals surface area contributed by atoms with Crippen molar-refractivity contribution in [2.45, 2.75) is 111 Å². The van der Waals surface area contributed by atoms with Gasteiger partial charge in [-0.2, -0.15) is 5.10 Å². The molecular weight excluding hydrogens is 504 g/mol. The van der Waals surface area contributed by atoms with Crippen LogP contribution >= 0.6 is 0 Å². The van der Waals surface area contributed by atoms with Crippen molar-refractivity contribution in [2.24, 2.45) is 56.4 Å². The number of fused-ring (bicyclic) bond motifs is 7. The first-order valence-corrected chi connectivity index (χ1v) is 16.5. The van der Waals surface area contributed by atoms with Crippen molar-refractivity contribution >= 4 is 12.1 Å². The first-order chi connectivity index (χ1) is 19.4. The standard InChI is InChI=1S/C36H54N4O/c1-24(2)26-11-17-36(23-39-40-31(41)25-13-21-37-22-14-25)19-18-34(6)27(30(26)36)9-10-29-33(5)15-8-20-38-32(3,4)28(33)12-16-35(29,34)7/h13-14,21-23,26-30,38H,1,8-12,15-20H2,2-7H3,(H,40,41)/b39-23+/t26-,27+,28-,29+,30+,33-,34+,35+,36+/m0/s1. The summed E-state index contributed by atoms with van der Waals surface area (Å²) in [5.74, 6) is 3.11. The highest BCUT2D eigenvalue weighted by molar-refractivity contribution is 5.94. The Morgan fingerprint density at radius 3 is 2.46 bits per heavy atom. The highest BCUT2D eigenvalue weighted by Gasteiger charge is 2.69. The van der Waals surface area contributed by atoms with Crippen LogP contribution in [-0.4, -0.2) is 29.2 Å². The maximum absolute atomic E-state index is 12.8. The third-order valence-electron chi connectivity index (χ3n) is 14.2. The molecule has 0 bridgehead atoms. The van der Waals surface area contributed by atoms with Crippen LogP contribution < -0.4 is 10.7 Å². The fraction of sp³-hybridized carbons (Fsp3) is 0.750. The van der Waals surface area contributed by atoms with E-state index >= 15 is 0 Å². The van der Waals surface area contributed by atoms with E-state index in [0.29, 0.717) is 39.6 Å². The zero-order valence-corrected chi connectivity index (χ0v) is 26.6. The maximum Gasteiger partial charge on any atom is 0.271 e. The molecule has 0 unspecified atom stereocenters. The number of amides is 1. The van der Waals surface area contributed by atoms with Crippen LogP contribution in [0.4, 0.5) is 0 Å². The van der Waals surface area contributed by atoms with E-state index < -0.39 is 0 Å². The van der Waals surface area contributed by atoms with E-state index in [9.17, 15) is 4.79 Å². The molecule has 5 heteroatoms. The Kier molecular flexibility index (Phi) is 7.11. The quantitative estimate of drug-likeness (QED) is 0.225. The predicted molar refractivity (Wildman–Crippen MR) is 167 cm³/mol. The fourth-order valence-electron chi connectivity index (χ4n) is 12.1. The number of hydrazone groups is 1. The first kappa shape index (κ1) is 29.1. The number of carbonyl (C=O) groups excluding carboxylic acids is 1. The van der Waals surface area contributed by atoms with Crippen molar-refractivity contribution in [3.63, 3.8) is 0 Å². The van der Waals surface area contributed by atoms with Crippen molar-refractivity contribution in [3.05, 3.63) is 42.2 Å². The summed E-state index contributed by atoms with van der Waals surface area (Å²) in [5.41, 5.74) is 6.10. The molecule has 0 aromatic carbocycles. The van der Waals surface area contributed by atoms with Crippen LogP contribution in [0.25, 0.3) is 0 Å². The van der Waals surface area contributed by atoms with Gasteiger partial charge in [0.1, 0.15) is 0 Å². The van der Waals surface area contributed by atoms with Crippen LogP contribution in [0, 0.1) is 51.2 Å². The lowest BCUT2D eigenvalue weighted by molar-refractivity contribution is -0.217. The third-order valence-corrected chi connectivity index (χ3v) is 14.2. The average molecular weight is 559 g/mol. The zero-order chi connectivity index (χ0) is 29.3. The summed E-state index contributed by atoms with van der Waals surface area (Å²) in [7, 11) is 0. The van der Waals surface area contributed by atoms with Gasteiger partial charge in [-0.1, -0.05) is 32.9 Å². The van der Waals surface area contributed by atoms with Crippen LogP contribution in [-0.2, 0) is 0 Å². The smallest absolute Gasteiger partial charge is 0.271 e. The number of allylic oxidation sites excluding steroid dienone is 1. The highest BCUT2D eigenvalue weighted by Crippen LogP contribution is 2.76. The number of hydrogen-bond acceptors (Lipinski definition) is 4. The van der Waals surface area contributed by atoms with Crippen LogP contribution in [0.3, 0.4) is 0 Å². The molecule has 0 radical (unpaired) electrons. The molecule has 1 aromatic rings. The molecule has 1 aliphatic heterocycles. The molecule has 5 fully saturated rings. The molecule has 5 aliphatic rings. The van der Waals surface area contributed by atoms with Crippen LogP contribution in [0.5, 0.6) is 0 Å². The van der Waals surface area contributed by atoms with E-state index in [2.05, 4.69) is 75.2 Å². The van der Waals surface area contributed by atoms with E-state index in [4.69, 9.17) is 0 Å². The van der Waals surface area contributed by atoms with Gasteiger partial charge in [0, 0.05) is 35.1 Å². The minimum absolute atomic E-state index is 0.0395. The van der Waals surface area contributed by atoms with Crippen molar-refractivity contribution in [1.29, 1.82) is 0 Å². The minimum Gasteiger partial charge on any atom is -0.311 e. The van der Waals surface area contributed by atoms with Crippen LogP contribution in [0.1, 0.15) is 116 Å². The van der Waals surface area contributed by atoms with Crippen molar-refractivity contribution in [2.75, 3.05) is 6.54 Å². The van der Waals surface area contributed by atoms with Gasteiger partial charge in [0.25, 0.3) is 5.91 Å². The fourth-order valence-corrected chi connectivity index (χ4v) is 12.1. The van der Waals surface area contributed by atoms with Gasteiger partial charge in [-0.15, -0.1) is 0 Å². The number of aromatic nitrogens is 1. The molecule has 4 aliphatic carbocycles. The van der Waals surface area contributed by atoms with Crippen LogP contribution in [0.15, 0.2) is 41.8 Å². The topological polar surface area (TPSA) is 66.4 Å². The van der Waals surface area contributed by atoms with E-state index in [0.717, 1.165) is 24.8 Å². The second kappa shape index (κ2) is 10.0. The number of carbonyl (C=O) groups is 1. The second-order valence-corrected chi connectivity index (χ2v) is 16.1. The Morgan fingerprint density at radius 1 is 0.976 bits per heavy atom. The summed E-state index contributed by atoms with van der Waals surface area (Å²) < 4.78 is 0. The van der Waals surface area contributed by atoms with E-state index in [1.165, 1.54) is 63.4 Å². The van der Waals surface area contributed by atoms with Crippen molar-refractivity contribution in [3.8, 4) is 0 Å². The predicted octanol–water partition coefficient (Wildman–Crippen LogP) is 7.80. The lowest BCUT2D eigenvalue weighted by Crippen LogP contribution is -2.66. The van der Waals surface area contributed by atoms with Crippen molar-refractivity contribution in [1.82, 2.24) is 15.7 Å². The second-order valence-electron chi connectivity index (χ2n) is 16.1. The molecule has 1 saturated heterocycles. The molecule has 5 nitrogen and oxygen atoms in total. The molecule has 2 heterocycles. The molecule has 2 N–H and O–H groups in total. The Morgan fingerprint density at radius 2 is 1.73 bits per heavy atom. The van der Waals surface area contributed by atoms with Gasteiger partial charge in [-0.3, -0.25) is 9.78 Å². The summed E-state index contributed by atoms with van der Waals surface area (Å²) >= 11 is 0. The van der Waals surface area contributed by atoms with E-state index in [1.54, 1.807) is 24.5 Å². The van der Waals surface area contributed by atoms with Crippen LogP contribution in [0.2, 0.25) is 0 Å². The molecule has 224 valence electrons. The van der Waals surface area contributed by atoms with Gasteiger partial charge < -0.3 is 5.32 Å². The van der Waals surface area contributed by atoms with Gasteiger partial charge in [0.2, 0.25) is 0 Å². The lowest BCUT2D eigenvalue weighted by Gasteiger charge is -2.71. The van der Waals surface area contributed by atoms with Gasteiger partial charge in [0.15, 0.2) is 0 Å². The molecular formula is C36H54N4O. The largest absolute Gasteiger partial charge is 0.311 e. The summed E-state index contributed by atoms with van der Waals surface area (Å²) in [6.45, 7) is 21.0. The molecule has 41 heavy (non-hydrogen) atoms. The molecule has 4 saturated carbocycles. The van der Waals surface area contributed by atoms with E-state index in [-0.39, 0.29) is 16.9 Å². The SMILES string of the molecule is C=C(C)[C@@H]1CC[C@]2(/C=N/NC(=O)c3ccncc3)CC[C@]3(C)[C@H](CC[C@@H]4[C@@]5(C)CCCNC(C)(C)[C@@H]5CC[C@]43C)[C@@H]12. The molecule has 1 amide bonds. The Balaban J connectivity index is 1.32. The molecule has 0 spiro atoms. The summed E-state index contributed by atoms with van der Waals surface area (Å²) in [6.07, 6.45) is 18.3. The number of nitrogens with zero attached hydrogens (tertiary/aromatic N) is 2. The van der Waals surface area contributed by atoms with Gasteiger partial charge in [-0.05, 0) is 149 Å². The van der Waals surface area contributed by atoms with Gasteiger partial charge in [-0.25, -0.2) is 5.43 Å². The summed E-state index contributed by atoms with van der Waals surface area (Å²) in [4.78, 5) is 16.8. The maximum atomic E-state index is 12.8. The van der Waals surface area contributed by atoms with Crippen molar-refractivity contribution < 1.29 is 4.79 Å².